The molecule has 1 rings (SSSR count). The first-order valence-electron chi connectivity index (χ1n) is 4.43. The van der Waals surface area contributed by atoms with Gasteiger partial charge >= 0.3 is 11.5 Å². The van der Waals surface area contributed by atoms with Gasteiger partial charge in [0.15, 0.2) is 4.90 Å². The highest BCUT2D eigenvalue weighted by Gasteiger charge is 2.33. The minimum atomic E-state index is -2.12. The summed E-state index contributed by atoms with van der Waals surface area (Å²) in [7, 11) is 0. The molecule has 0 aliphatic rings. The third-order valence-corrected chi connectivity index (χ3v) is 2.94. The van der Waals surface area contributed by atoms with Crippen LogP contribution >= 0.6 is 0 Å². The minimum Gasteiger partial charge on any atom is -0.609 e. The zero-order valence-corrected chi connectivity index (χ0v) is 9.00. The van der Waals surface area contributed by atoms with Gasteiger partial charge in [0, 0.05) is 11.2 Å². The summed E-state index contributed by atoms with van der Waals surface area (Å²) in [5.74, 6) is -1.08. The third kappa shape index (κ3) is 3.21. The lowest BCUT2D eigenvalue weighted by atomic mass is 10.4. The van der Waals surface area contributed by atoms with E-state index in [9.17, 15) is 13.7 Å². The second-order valence-electron chi connectivity index (χ2n) is 2.68. The van der Waals surface area contributed by atoms with Crippen molar-refractivity contribution in [3.63, 3.8) is 0 Å². The van der Waals surface area contributed by atoms with E-state index < -0.39 is 22.6 Å². The molecule has 0 aliphatic carbocycles. The number of alkyl halides is 1. The Balaban J connectivity index is 2.68. The predicted octanol–water partition coefficient (Wildman–Crippen LogP) is 1.65. The Morgan fingerprint density at radius 1 is 1.53 bits per heavy atom. The van der Waals surface area contributed by atoms with Gasteiger partial charge < -0.3 is 9.29 Å². The molecule has 15 heavy (non-hydrogen) atoms. The molecule has 0 radical (unpaired) electrons. The van der Waals surface area contributed by atoms with E-state index in [1.807, 2.05) is 0 Å². The number of carbonyl (C=O) groups excluding carboxylic acids is 1. The zero-order chi connectivity index (χ0) is 11.3. The van der Waals surface area contributed by atoms with Crippen LogP contribution in [-0.2, 0) is 20.7 Å². The SMILES string of the molecule is CCOC(=O)C(F)[S+]([O-])c1ccccc1. The summed E-state index contributed by atoms with van der Waals surface area (Å²) in [4.78, 5) is 11.2. The van der Waals surface area contributed by atoms with Crippen molar-refractivity contribution in [2.75, 3.05) is 6.61 Å². The van der Waals surface area contributed by atoms with Crippen molar-refractivity contribution in [3.05, 3.63) is 30.3 Å². The lowest BCUT2D eigenvalue weighted by molar-refractivity contribution is -0.145. The maximum atomic E-state index is 13.3. The number of benzene rings is 1. The predicted molar refractivity (Wildman–Crippen MR) is 54.4 cm³/mol. The Hall–Kier alpha value is -1.07. The fourth-order valence-corrected chi connectivity index (χ4v) is 1.88. The standard InChI is InChI=1S/C10H11FO3S/c1-2-14-10(12)9(11)15(13)8-6-4-3-5-7-8/h3-7,9H,2H2,1H3. The molecular formula is C10H11FO3S. The number of rotatable bonds is 4. The highest BCUT2D eigenvalue weighted by Crippen LogP contribution is 2.17. The van der Waals surface area contributed by atoms with Crippen molar-refractivity contribution in [2.45, 2.75) is 17.3 Å². The number of hydrogen-bond acceptors (Lipinski definition) is 3. The quantitative estimate of drug-likeness (QED) is 0.583. The molecule has 0 saturated heterocycles. The Bertz CT molecular complexity index is 318. The lowest BCUT2D eigenvalue weighted by Crippen LogP contribution is -2.28. The van der Waals surface area contributed by atoms with Crippen LogP contribution in [0.3, 0.4) is 0 Å². The van der Waals surface area contributed by atoms with E-state index in [4.69, 9.17) is 0 Å². The molecule has 82 valence electrons. The first-order chi connectivity index (χ1) is 7.16. The van der Waals surface area contributed by atoms with Gasteiger partial charge in [-0.2, -0.15) is 4.39 Å². The Morgan fingerprint density at radius 2 is 2.13 bits per heavy atom. The summed E-state index contributed by atoms with van der Waals surface area (Å²) in [5.41, 5.74) is -2.12. The molecule has 0 bridgehead atoms. The lowest BCUT2D eigenvalue weighted by Gasteiger charge is -2.12. The van der Waals surface area contributed by atoms with Crippen molar-refractivity contribution >= 4 is 17.1 Å². The number of esters is 1. The summed E-state index contributed by atoms with van der Waals surface area (Å²) in [6.07, 6.45) is 0. The van der Waals surface area contributed by atoms with Gasteiger partial charge in [0.25, 0.3) is 0 Å². The van der Waals surface area contributed by atoms with Gasteiger partial charge in [-0.3, -0.25) is 0 Å². The average molecular weight is 230 g/mol. The van der Waals surface area contributed by atoms with E-state index in [2.05, 4.69) is 4.74 Å². The van der Waals surface area contributed by atoms with Gasteiger partial charge in [0.2, 0.25) is 0 Å². The molecule has 0 saturated carbocycles. The van der Waals surface area contributed by atoms with E-state index in [0.29, 0.717) is 0 Å². The zero-order valence-electron chi connectivity index (χ0n) is 8.18. The number of carbonyl (C=O) groups is 1. The van der Waals surface area contributed by atoms with Crippen LogP contribution in [0.1, 0.15) is 6.92 Å². The Kier molecular flexibility index (Phi) is 4.58. The molecule has 2 atom stereocenters. The summed E-state index contributed by atoms with van der Waals surface area (Å²) >= 11 is -2.00. The molecule has 0 N–H and O–H groups in total. The highest BCUT2D eigenvalue weighted by atomic mass is 32.2. The van der Waals surface area contributed by atoms with Crippen molar-refractivity contribution < 1.29 is 18.5 Å². The minimum absolute atomic E-state index is 0.0746. The normalized spacial score (nSPS) is 14.3. The van der Waals surface area contributed by atoms with Crippen LogP contribution in [0, 0.1) is 0 Å². The van der Waals surface area contributed by atoms with Crippen molar-refractivity contribution in [1.82, 2.24) is 0 Å². The first kappa shape index (κ1) is 12.0. The summed E-state index contributed by atoms with van der Waals surface area (Å²) < 4.78 is 29.2. The molecule has 3 nitrogen and oxygen atoms in total. The molecular weight excluding hydrogens is 219 g/mol. The fraction of sp³-hybridized carbons (Fsp3) is 0.300. The van der Waals surface area contributed by atoms with Crippen molar-refractivity contribution in [3.8, 4) is 0 Å². The molecule has 0 spiro atoms. The maximum Gasteiger partial charge on any atom is 0.394 e. The molecule has 0 aromatic heterocycles. The smallest absolute Gasteiger partial charge is 0.394 e. The largest absolute Gasteiger partial charge is 0.609 e. The fourth-order valence-electron chi connectivity index (χ4n) is 0.969. The summed E-state index contributed by atoms with van der Waals surface area (Å²) in [5, 5.41) is 0. The van der Waals surface area contributed by atoms with Crippen molar-refractivity contribution in [1.29, 1.82) is 0 Å². The molecule has 2 unspecified atom stereocenters. The van der Waals surface area contributed by atoms with Gasteiger partial charge in [-0.25, -0.2) is 4.79 Å². The second kappa shape index (κ2) is 5.72. The van der Waals surface area contributed by atoms with Crippen LogP contribution in [0.5, 0.6) is 0 Å². The van der Waals surface area contributed by atoms with Crippen LogP contribution in [0.4, 0.5) is 4.39 Å². The van der Waals surface area contributed by atoms with Gasteiger partial charge in [0.1, 0.15) is 0 Å². The second-order valence-corrected chi connectivity index (χ2v) is 4.16. The van der Waals surface area contributed by atoms with Gasteiger partial charge in [-0.1, -0.05) is 18.2 Å². The monoisotopic (exact) mass is 230 g/mol. The molecule has 0 aliphatic heterocycles. The molecule has 0 fully saturated rings. The number of ether oxygens (including phenoxy) is 1. The van der Waals surface area contributed by atoms with Crippen molar-refractivity contribution in [2.24, 2.45) is 0 Å². The van der Waals surface area contributed by atoms with Gasteiger partial charge in [-0.05, 0) is 19.1 Å². The van der Waals surface area contributed by atoms with Crippen LogP contribution in [-0.4, -0.2) is 22.6 Å². The highest BCUT2D eigenvalue weighted by molar-refractivity contribution is 7.92. The molecule has 1 aromatic carbocycles. The maximum absolute atomic E-state index is 13.3. The average Bonchev–Trinajstić information content (AvgIpc) is 2.28. The van der Waals surface area contributed by atoms with E-state index >= 15 is 0 Å². The van der Waals surface area contributed by atoms with Gasteiger partial charge in [0.05, 0.1) is 6.61 Å². The molecule has 0 amide bonds. The van der Waals surface area contributed by atoms with Crippen LogP contribution in [0.15, 0.2) is 35.2 Å². The molecule has 5 heteroatoms. The number of halogens is 1. The van der Waals surface area contributed by atoms with E-state index in [-0.39, 0.29) is 11.5 Å². The van der Waals surface area contributed by atoms with E-state index in [0.717, 1.165) is 0 Å². The number of hydrogen-bond donors (Lipinski definition) is 0. The Labute approximate surface area is 90.4 Å². The third-order valence-electron chi connectivity index (χ3n) is 1.64. The topological polar surface area (TPSA) is 49.4 Å². The van der Waals surface area contributed by atoms with E-state index in [1.54, 1.807) is 25.1 Å². The Morgan fingerprint density at radius 3 is 2.67 bits per heavy atom. The van der Waals surface area contributed by atoms with E-state index in [1.165, 1.54) is 12.1 Å². The van der Waals surface area contributed by atoms with Crippen LogP contribution in [0.25, 0.3) is 0 Å². The first-order valence-corrected chi connectivity index (χ1v) is 5.64. The summed E-state index contributed by atoms with van der Waals surface area (Å²) in [6, 6.07) is 7.98. The summed E-state index contributed by atoms with van der Waals surface area (Å²) in [6.45, 7) is 1.64. The molecule has 0 heterocycles. The van der Waals surface area contributed by atoms with Crippen LogP contribution in [0.2, 0.25) is 0 Å². The molecule has 1 aromatic rings. The van der Waals surface area contributed by atoms with Crippen LogP contribution < -0.4 is 0 Å². The van der Waals surface area contributed by atoms with Gasteiger partial charge in [-0.15, -0.1) is 0 Å².